The van der Waals surface area contributed by atoms with E-state index in [1.807, 2.05) is 12.1 Å². The standard InChI is InChI=1S/C21H32N6O/c1-16(2)20(21-22-23-24-27(21)18-6-4-5-7-18)26-14-12-25(13-15-26)17-8-10-19(28-3)11-9-17/h8-11,16,18,20H,4-7,12-15H2,1-3H3/p+1/t20-/m1/s1. The van der Waals surface area contributed by atoms with Crippen LogP contribution in [0.2, 0.25) is 0 Å². The largest absolute Gasteiger partial charge is 0.497 e. The van der Waals surface area contributed by atoms with E-state index in [-0.39, 0.29) is 0 Å². The SMILES string of the molecule is COc1ccc(N2CC[NH+]([C@@H](c3nnnn3C3CCCC3)C(C)C)CC2)cc1. The van der Waals surface area contributed by atoms with Crippen LogP contribution in [0, 0.1) is 5.92 Å². The van der Waals surface area contributed by atoms with Crippen LogP contribution in [0.15, 0.2) is 24.3 Å². The molecule has 2 aromatic rings. The monoisotopic (exact) mass is 385 g/mol. The Hall–Kier alpha value is -2.15. The summed E-state index contributed by atoms with van der Waals surface area (Å²) in [6.07, 6.45) is 5.01. The summed E-state index contributed by atoms with van der Waals surface area (Å²) in [5.41, 5.74) is 1.27. The number of quaternary nitrogens is 1. The predicted molar refractivity (Wildman–Crippen MR) is 109 cm³/mol. The van der Waals surface area contributed by atoms with Gasteiger partial charge in [0.25, 0.3) is 0 Å². The average Bonchev–Trinajstić information content (AvgIpc) is 3.40. The molecule has 1 atom stereocenters. The number of nitrogens with zero attached hydrogens (tertiary/aromatic N) is 5. The van der Waals surface area contributed by atoms with E-state index in [1.54, 1.807) is 12.0 Å². The number of rotatable bonds is 6. The minimum absolute atomic E-state index is 0.355. The van der Waals surface area contributed by atoms with Gasteiger partial charge in [0.05, 0.1) is 39.3 Å². The molecule has 7 nitrogen and oxygen atoms in total. The van der Waals surface area contributed by atoms with Crippen molar-refractivity contribution in [1.29, 1.82) is 0 Å². The third-order valence-corrected chi connectivity index (χ3v) is 6.42. The Bertz CT molecular complexity index is 745. The van der Waals surface area contributed by atoms with Crippen molar-refractivity contribution >= 4 is 5.69 Å². The van der Waals surface area contributed by atoms with Crippen LogP contribution in [0.25, 0.3) is 0 Å². The van der Waals surface area contributed by atoms with Gasteiger partial charge in [0, 0.05) is 11.6 Å². The molecule has 0 bridgehead atoms. The van der Waals surface area contributed by atoms with Crippen molar-refractivity contribution in [2.45, 2.75) is 51.6 Å². The minimum Gasteiger partial charge on any atom is -0.497 e. The maximum Gasteiger partial charge on any atom is 0.209 e. The van der Waals surface area contributed by atoms with Crippen LogP contribution in [0.3, 0.4) is 0 Å². The number of hydrogen-bond donors (Lipinski definition) is 1. The molecule has 1 aromatic carbocycles. The lowest BCUT2D eigenvalue weighted by Crippen LogP contribution is -3.15. The fraction of sp³-hybridized carbons (Fsp3) is 0.667. The first-order chi connectivity index (χ1) is 13.7. The molecule has 1 aliphatic heterocycles. The van der Waals surface area contributed by atoms with Crippen LogP contribution in [-0.2, 0) is 0 Å². The molecule has 0 unspecified atom stereocenters. The third kappa shape index (κ3) is 3.85. The molecule has 28 heavy (non-hydrogen) atoms. The van der Waals surface area contributed by atoms with Gasteiger partial charge in [-0.25, -0.2) is 4.68 Å². The van der Waals surface area contributed by atoms with Gasteiger partial charge in [-0.3, -0.25) is 0 Å². The summed E-state index contributed by atoms with van der Waals surface area (Å²) in [6, 6.07) is 9.25. The first kappa shape index (κ1) is 19.2. The highest BCUT2D eigenvalue weighted by atomic mass is 16.5. The summed E-state index contributed by atoms with van der Waals surface area (Å²) in [6.45, 7) is 8.92. The number of benzene rings is 1. The fourth-order valence-corrected chi connectivity index (χ4v) is 4.92. The Morgan fingerprint density at radius 1 is 1.07 bits per heavy atom. The van der Waals surface area contributed by atoms with Gasteiger partial charge in [0.15, 0.2) is 6.04 Å². The number of piperazine rings is 1. The first-order valence-corrected chi connectivity index (χ1v) is 10.7. The maximum atomic E-state index is 5.28. The molecule has 1 aromatic heterocycles. The molecule has 2 aliphatic rings. The minimum atomic E-state index is 0.355. The van der Waals surface area contributed by atoms with Gasteiger partial charge in [0.2, 0.25) is 5.82 Å². The Morgan fingerprint density at radius 3 is 2.36 bits per heavy atom. The summed E-state index contributed by atoms with van der Waals surface area (Å²) in [5.74, 6) is 2.51. The molecule has 0 spiro atoms. The number of anilines is 1. The highest BCUT2D eigenvalue weighted by Crippen LogP contribution is 2.31. The smallest absolute Gasteiger partial charge is 0.209 e. The number of aromatic nitrogens is 4. The van der Waals surface area contributed by atoms with Gasteiger partial charge >= 0.3 is 0 Å². The van der Waals surface area contributed by atoms with Crippen LogP contribution in [-0.4, -0.2) is 53.5 Å². The molecule has 1 saturated carbocycles. The van der Waals surface area contributed by atoms with E-state index in [9.17, 15) is 0 Å². The Labute approximate surface area is 167 Å². The van der Waals surface area contributed by atoms with Crippen LogP contribution < -0.4 is 14.5 Å². The molecule has 0 radical (unpaired) electrons. The van der Waals surface area contributed by atoms with E-state index in [1.165, 1.54) is 31.4 Å². The lowest BCUT2D eigenvalue weighted by Gasteiger charge is -2.38. The zero-order chi connectivity index (χ0) is 19.5. The molecule has 7 heteroatoms. The molecule has 0 amide bonds. The molecule has 2 heterocycles. The van der Waals surface area contributed by atoms with Crippen molar-refractivity contribution in [3.63, 3.8) is 0 Å². The quantitative estimate of drug-likeness (QED) is 0.823. The summed E-state index contributed by atoms with van der Waals surface area (Å²) >= 11 is 0. The average molecular weight is 386 g/mol. The topological polar surface area (TPSA) is 60.5 Å². The summed E-state index contributed by atoms with van der Waals surface area (Å²) < 4.78 is 7.44. The second-order valence-corrected chi connectivity index (χ2v) is 8.48. The van der Waals surface area contributed by atoms with Gasteiger partial charge in [-0.15, -0.1) is 5.10 Å². The lowest BCUT2D eigenvalue weighted by atomic mass is 10.00. The number of nitrogens with one attached hydrogen (secondary N) is 1. The van der Waals surface area contributed by atoms with Gasteiger partial charge in [-0.1, -0.05) is 26.7 Å². The van der Waals surface area contributed by atoms with Crippen LogP contribution in [0.1, 0.15) is 57.4 Å². The summed E-state index contributed by atoms with van der Waals surface area (Å²) in [7, 11) is 1.71. The number of ether oxygens (including phenoxy) is 1. The Balaban J connectivity index is 1.46. The van der Waals surface area contributed by atoms with E-state index in [2.05, 4.69) is 51.1 Å². The van der Waals surface area contributed by atoms with Crippen molar-refractivity contribution in [2.24, 2.45) is 5.92 Å². The van der Waals surface area contributed by atoms with E-state index >= 15 is 0 Å². The highest BCUT2D eigenvalue weighted by molar-refractivity contribution is 5.49. The van der Waals surface area contributed by atoms with Crippen molar-refractivity contribution in [1.82, 2.24) is 20.2 Å². The van der Waals surface area contributed by atoms with Crippen molar-refractivity contribution in [3.05, 3.63) is 30.1 Å². The number of methoxy groups -OCH3 is 1. The highest BCUT2D eigenvalue weighted by Gasteiger charge is 2.36. The van der Waals surface area contributed by atoms with Gasteiger partial charge in [0.1, 0.15) is 5.75 Å². The Kier molecular flexibility index (Phi) is 5.80. The predicted octanol–water partition coefficient (Wildman–Crippen LogP) is 1.90. The number of tetrazole rings is 1. The van der Waals surface area contributed by atoms with Crippen LogP contribution >= 0.6 is 0 Å². The first-order valence-electron chi connectivity index (χ1n) is 10.7. The summed E-state index contributed by atoms with van der Waals surface area (Å²) in [4.78, 5) is 4.08. The van der Waals surface area contributed by atoms with E-state index in [4.69, 9.17) is 4.74 Å². The lowest BCUT2D eigenvalue weighted by molar-refractivity contribution is -0.937. The second-order valence-electron chi connectivity index (χ2n) is 8.48. The molecule has 4 rings (SSSR count). The van der Waals surface area contributed by atoms with Crippen molar-refractivity contribution in [2.75, 3.05) is 38.2 Å². The van der Waals surface area contributed by atoms with Gasteiger partial charge in [-0.2, -0.15) is 0 Å². The molecule has 1 N–H and O–H groups in total. The molecular weight excluding hydrogens is 352 g/mol. The molecule has 152 valence electrons. The van der Waals surface area contributed by atoms with E-state index in [0.717, 1.165) is 37.8 Å². The van der Waals surface area contributed by atoms with Crippen LogP contribution in [0.4, 0.5) is 5.69 Å². The van der Waals surface area contributed by atoms with Gasteiger partial charge in [-0.05, 0) is 47.5 Å². The second kappa shape index (κ2) is 8.47. The zero-order valence-corrected chi connectivity index (χ0v) is 17.3. The Morgan fingerprint density at radius 2 is 1.75 bits per heavy atom. The maximum absolute atomic E-state index is 5.28. The molecular formula is C21H33N6O+. The number of hydrogen-bond acceptors (Lipinski definition) is 5. The van der Waals surface area contributed by atoms with E-state index < -0.39 is 0 Å². The molecule has 1 saturated heterocycles. The third-order valence-electron chi connectivity index (χ3n) is 6.42. The van der Waals surface area contributed by atoms with Crippen molar-refractivity contribution < 1.29 is 9.64 Å². The normalized spacial score (nSPS) is 20.1. The molecule has 1 aliphatic carbocycles. The zero-order valence-electron chi connectivity index (χ0n) is 17.3. The fourth-order valence-electron chi connectivity index (χ4n) is 4.92. The summed E-state index contributed by atoms with van der Waals surface area (Å²) in [5, 5.41) is 13.0. The van der Waals surface area contributed by atoms with E-state index in [0.29, 0.717) is 18.0 Å². The van der Waals surface area contributed by atoms with Gasteiger partial charge < -0.3 is 14.5 Å². The van der Waals surface area contributed by atoms with Crippen LogP contribution in [0.5, 0.6) is 5.75 Å². The van der Waals surface area contributed by atoms with Crippen molar-refractivity contribution in [3.8, 4) is 5.75 Å². The molecule has 2 fully saturated rings.